The zero-order valence-corrected chi connectivity index (χ0v) is 17.9. The van der Waals surface area contributed by atoms with Gasteiger partial charge in [-0.05, 0) is 38.1 Å². The smallest absolute Gasteiger partial charge is 0.312 e. The highest BCUT2D eigenvalue weighted by molar-refractivity contribution is 7.13. The van der Waals surface area contributed by atoms with Crippen LogP contribution < -0.4 is 10.1 Å². The number of benzene rings is 2. The second-order valence-electron chi connectivity index (χ2n) is 6.53. The first-order chi connectivity index (χ1) is 15.0. The van der Waals surface area contributed by atoms with Gasteiger partial charge >= 0.3 is 5.97 Å². The molecule has 0 aliphatic rings. The third-order valence-corrected chi connectivity index (χ3v) is 5.20. The van der Waals surface area contributed by atoms with E-state index in [-0.39, 0.29) is 6.42 Å². The average Bonchev–Trinajstić information content (AvgIpc) is 3.22. The molecule has 0 spiro atoms. The van der Waals surface area contributed by atoms with E-state index in [0.717, 1.165) is 16.3 Å². The zero-order valence-electron chi connectivity index (χ0n) is 17.1. The van der Waals surface area contributed by atoms with Crippen LogP contribution in [0.4, 0.5) is 5.69 Å². The summed E-state index contributed by atoms with van der Waals surface area (Å²) < 4.78 is 10.9. The molecule has 0 aliphatic heterocycles. The average molecular weight is 436 g/mol. The van der Waals surface area contributed by atoms with Crippen LogP contribution in [0.5, 0.6) is 5.75 Å². The summed E-state index contributed by atoms with van der Waals surface area (Å²) in [5.74, 6) is -0.344. The normalized spacial score (nSPS) is 11.3. The summed E-state index contributed by atoms with van der Waals surface area (Å²) in [4.78, 5) is 29.1. The number of hydrogen-bond acceptors (Lipinski definition) is 7. The van der Waals surface area contributed by atoms with Crippen LogP contribution in [-0.4, -0.2) is 29.6 Å². The number of carbonyl (C=O) groups is 2. The van der Waals surface area contributed by atoms with Gasteiger partial charge in [-0.1, -0.05) is 24.3 Å². The Bertz CT molecular complexity index is 1120. The quantitative estimate of drug-likeness (QED) is 0.532. The van der Waals surface area contributed by atoms with E-state index in [0.29, 0.717) is 23.6 Å². The van der Waals surface area contributed by atoms with Gasteiger partial charge in [-0.15, -0.1) is 11.3 Å². The van der Waals surface area contributed by atoms with Gasteiger partial charge in [-0.3, -0.25) is 9.59 Å². The Hall–Kier alpha value is -3.70. The van der Waals surface area contributed by atoms with Crippen LogP contribution in [-0.2, 0) is 20.7 Å². The summed E-state index contributed by atoms with van der Waals surface area (Å²) in [7, 11) is 0. The minimum atomic E-state index is -1.02. The highest BCUT2D eigenvalue weighted by Crippen LogP contribution is 2.32. The molecule has 0 fully saturated rings. The number of nitrogens with zero attached hydrogens (tertiary/aromatic N) is 2. The Balaban J connectivity index is 1.60. The van der Waals surface area contributed by atoms with E-state index in [1.165, 1.54) is 18.3 Å². The Labute approximate surface area is 184 Å². The predicted octanol–water partition coefficient (Wildman–Crippen LogP) is 4.19. The molecule has 1 unspecified atom stereocenters. The molecule has 1 N–H and O–H groups in total. The maximum atomic E-state index is 12.3. The van der Waals surface area contributed by atoms with Crippen molar-refractivity contribution in [1.82, 2.24) is 4.98 Å². The van der Waals surface area contributed by atoms with Crippen LogP contribution in [0.25, 0.3) is 10.6 Å². The van der Waals surface area contributed by atoms with Crippen LogP contribution >= 0.6 is 11.3 Å². The molecule has 1 atom stereocenters. The topological polar surface area (TPSA) is 101 Å². The van der Waals surface area contributed by atoms with Crippen molar-refractivity contribution in [2.75, 3.05) is 11.9 Å². The van der Waals surface area contributed by atoms with Gasteiger partial charge < -0.3 is 14.8 Å². The van der Waals surface area contributed by atoms with E-state index < -0.39 is 18.0 Å². The highest BCUT2D eigenvalue weighted by atomic mass is 32.1. The van der Waals surface area contributed by atoms with Crippen LogP contribution in [0.3, 0.4) is 0 Å². The van der Waals surface area contributed by atoms with Crippen molar-refractivity contribution < 1.29 is 19.1 Å². The fourth-order valence-electron chi connectivity index (χ4n) is 2.80. The monoisotopic (exact) mass is 435 g/mol. The van der Waals surface area contributed by atoms with E-state index in [1.54, 1.807) is 29.6 Å². The molecular formula is C23H21N3O4S. The summed E-state index contributed by atoms with van der Waals surface area (Å²) in [6.07, 6.45) is -1.07. The molecule has 0 radical (unpaired) electrons. The Kier molecular flexibility index (Phi) is 7.35. The molecule has 0 saturated carbocycles. The number of aromatic nitrogens is 1. The van der Waals surface area contributed by atoms with Gasteiger partial charge in [0.2, 0.25) is 0 Å². The number of para-hydroxylation sites is 2. The second-order valence-corrected chi connectivity index (χ2v) is 7.39. The summed E-state index contributed by atoms with van der Waals surface area (Å²) in [6.45, 7) is 3.93. The van der Waals surface area contributed by atoms with Crippen molar-refractivity contribution in [3.63, 3.8) is 0 Å². The molecule has 1 heterocycles. The lowest BCUT2D eigenvalue weighted by molar-refractivity contribution is -0.152. The standard InChI is InChI=1S/C23H21N3O4S/c1-3-29-20-11-7-5-9-18(20)23-25-17(14-31-23)12-21(27)30-15(2)22(28)26-19-10-6-4-8-16(19)13-24/h4-11,14-15H,3,12H2,1-2H3,(H,26,28). The number of anilines is 1. The molecule has 0 bridgehead atoms. The number of esters is 1. The van der Waals surface area contributed by atoms with Gasteiger partial charge in [-0.2, -0.15) is 5.26 Å². The number of nitrogens with one attached hydrogen (secondary N) is 1. The van der Waals surface area contributed by atoms with E-state index >= 15 is 0 Å². The van der Waals surface area contributed by atoms with Crippen molar-refractivity contribution in [3.8, 4) is 22.4 Å². The minimum Gasteiger partial charge on any atom is -0.493 e. The molecule has 1 aromatic heterocycles. The third-order valence-electron chi connectivity index (χ3n) is 4.28. The first-order valence-corrected chi connectivity index (χ1v) is 10.6. The van der Waals surface area contributed by atoms with Crippen molar-refractivity contribution in [3.05, 3.63) is 65.2 Å². The third kappa shape index (κ3) is 5.68. The fourth-order valence-corrected chi connectivity index (χ4v) is 3.65. The van der Waals surface area contributed by atoms with Crippen molar-refractivity contribution >= 4 is 28.9 Å². The number of carbonyl (C=O) groups excluding carboxylic acids is 2. The summed E-state index contributed by atoms with van der Waals surface area (Å²) in [5, 5.41) is 14.2. The van der Waals surface area contributed by atoms with Gasteiger partial charge in [-0.25, -0.2) is 4.98 Å². The van der Waals surface area contributed by atoms with Gasteiger partial charge in [0.05, 0.1) is 35.5 Å². The Morgan fingerprint density at radius 2 is 1.94 bits per heavy atom. The highest BCUT2D eigenvalue weighted by Gasteiger charge is 2.20. The maximum absolute atomic E-state index is 12.3. The summed E-state index contributed by atoms with van der Waals surface area (Å²) in [6, 6.07) is 16.2. The molecule has 8 heteroatoms. The number of rotatable bonds is 8. The SMILES string of the molecule is CCOc1ccccc1-c1nc(CC(=O)OC(C)C(=O)Nc2ccccc2C#N)cs1. The molecule has 0 saturated heterocycles. The van der Waals surface area contributed by atoms with E-state index in [2.05, 4.69) is 10.3 Å². The predicted molar refractivity (Wildman–Crippen MR) is 118 cm³/mol. The second kappa shape index (κ2) is 10.4. The lowest BCUT2D eigenvalue weighted by Crippen LogP contribution is -2.30. The number of thiazole rings is 1. The number of nitriles is 1. The maximum Gasteiger partial charge on any atom is 0.312 e. The van der Waals surface area contributed by atoms with Crippen LogP contribution in [0.2, 0.25) is 0 Å². The lowest BCUT2D eigenvalue weighted by atomic mass is 10.2. The van der Waals surface area contributed by atoms with Gasteiger partial charge in [0.15, 0.2) is 6.10 Å². The Morgan fingerprint density at radius 3 is 2.71 bits per heavy atom. The van der Waals surface area contributed by atoms with Gasteiger partial charge in [0.1, 0.15) is 16.8 Å². The molecule has 1 amide bonds. The molecule has 7 nitrogen and oxygen atoms in total. The van der Waals surface area contributed by atoms with Crippen LogP contribution in [0, 0.1) is 11.3 Å². The molecule has 3 rings (SSSR count). The summed E-state index contributed by atoms with van der Waals surface area (Å²) >= 11 is 1.41. The molecule has 158 valence electrons. The molecule has 3 aromatic rings. The van der Waals surface area contributed by atoms with Crippen molar-refractivity contribution in [1.29, 1.82) is 5.26 Å². The Morgan fingerprint density at radius 1 is 1.19 bits per heavy atom. The van der Waals surface area contributed by atoms with E-state index in [1.807, 2.05) is 37.3 Å². The first kappa shape index (κ1) is 22.0. The minimum absolute atomic E-state index is 0.0558. The van der Waals surface area contributed by atoms with Gasteiger partial charge in [0.25, 0.3) is 5.91 Å². The number of amides is 1. The summed E-state index contributed by atoms with van der Waals surface area (Å²) in [5.41, 5.74) is 2.11. The fraction of sp³-hybridized carbons (Fsp3) is 0.217. The lowest BCUT2D eigenvalue weighted by Gasteiger charge is -2.13. The molecule has 2 aromatic carbocycles. The van der Waals surface area contributed by atoms with Crippen molar-refractivity contribution in [2.24, 2.45) is 0 Å². The van der Waals surface area contributed by atoms with Crippen molar-refractivity contribution in [2.45, 2.75) is 26.4 Å². The number of hydrogen-bond donors (Lipinski definition) is 1. The molecule has 31 heavy (non-hydrogen) atoms. The van der Waals surface area contributed by atoms with E-state index in [4.69, 9.17) is 14.7 Å². The molecule has 0 aliphatic carbocycles. The first-order valence-electron chi connectivity index (χ1n) is 9.68. The number of ether oxygens (including phenoxy) is 2. The largest absolute Gasteiger partial charge is 0.493 e. The van der Waals surface area contributed by atoms with Crippen LogP contribution in [0.1, 0.15) is 25.1 Å². The van der Waals surface area contributed by atoms with Gasteiger partial charge in [0, 0.05) is 5.38 Å². The van der Waals surface area contributed by atoms with Crippen LogP contribution in [0.15, 0.2) is 53.9 Å². The van der Waals surface area contributed by atoms with E-state index in [9.17, 15) is 9.59 Å². The zero-order chi connectivity index (χ0) is 22.2. The molecular weight excluding hydrogens is 414 g/mol.